The van der Waals surface area contributed by atoms with E-state index < -0.39 is 0 Å². The van der Waals surface area contributed by atoms with Crippen LogP contribution in [-0.2, 0) is 6.54 Å². The fraction of sp³-hybridized carbons (Fsp3) is 0.211. The minimum Gasteiger partial charge on any atom is -0.396 e. The number of aromatic amines is 1. The highest BCUT2D eigenvalue weighted by Gasteiger charge is 2.31. The van der Waals surface area contributed by atoms with E-state index in [1.807, 2.05) is 18.2 Å². The minimum absolute atomic E-state index is 0.0359. The number of halogens is 2. The molecule has 2 N–H and O–H groups in total. The van der Waals surface area contributed by atoms with Crippen molar-refractivity contribution in [3.8, 4) is 0 Å². The van der Waals surface area contributed by atoms with Crippen molar-refractivity contribution in [3.63, 3.8) is 0 Å². The van der Waals surface area contributed by atoms with E-state index in [1.54, 1.807) is 29.2 Å². The number of aliphatic hydroxyl groups excluding tert-OH is 1. The Morgan fingerprint density at radius 3 is 2.76 bits per heavy atom. The molecule has 1 atom stereocenters. The zero-order chi connectivity index (χ0) is 17.6. The topological polar surface area (TPSA) is 56.3 Å². The van der Waals surface area contributed by atoms with Gasteiger partial charge >= 0.3 is 0 Å². The van der Waals surface area contributed by atoms with Crippen LogP contribution in [0.5, 0.6) is 0 Å². The van der Waals surface area contributed by atoms with E-state index in [0.717, 1.165) is 22.2 Å². The average Bonchev–Trinajstić information content (AvgIpc) is 2.98. The van der Waals surface area contributed by atoms with Crippen molar-refractivity contribution < 1.29 is 9.90 Å². The molecule has 0 spiro atoms. The predicted octanol–water partition coefficient (Wildman–Crippen LogP) is 4.21. The third-order valence-corrected chi connectivity index (χ3v) is 5.13. The Kier molecular flexibility index (Phi) is 4.20. The summed E-state index contributed by atoms with van der Waals surface area (Å²) in [5.41, 5.74) is 3.50. The maximum atomic E-state index is 12.8. The highest BCUT2D eigenvalue weighted by atomic mass is 35.5. The summed E-state index contributed by atoms with van der Waals surface area (Å²) in [6, 6.07) is 12.6. The van der Waals surface area contributed by atoms with Crippen LogP contribution < -0.4 is 0 Å². The summed E-state index contributed by atoms with van der Waals surface area (Å²) in [6.07, 6.45) is 0. The molecule has 128 valence electrons. The van der Waals surface area contributed by atoms with Crippen LogP contribution in [0.25, 0.3) is 10.9 Å². The SMILES string of the molecule is O=C(c1cccc(Cl)c1)N1Cc2[nH]c3ccc(Cl)cc3c2C(CO)C1. The molecule has 0 aliphatic carbocycles. The molecule has 2 heterocycles. The fourth-order valence-corrected chi connectivity index (χ4v) is 3.91. The third-order valence-electron chi connectivity index (χ3n) is 4.66. The summed E-state index contributed by atoms with van der Waals surface area (Å²) in [5, 5.41) is 12.1. The molecule has 0 bridgehead atoms. The molecule has 0 saturated carbocycles. The normalized spacial score (nSPS) is 16.9. The largest absolute Gasteiger partial charge is 0.396 e. The molecule has 6 heteroatoms. The van der Waals surface area contributed by atoms with Crippen LogP contribution in [0.1, 0.15) is 27.5 Å². The molecule has 4 nitrogen and oxygen atoms in total. The van der Waals surface area contributed by atoms with E-state index in [2.05, 4.69) is 4.98 Å². The monoisotopic (exact) mass is 374 g/mol. The molecule has 0 saturated heterocycles. The number of amides is 1. The number of carbonyl (C=O) groups is 1. The molecule has 25 heavy (non-hydrogen) atoms. The van der Waals surface area contributed by atoms with Gasteiger partial charge in [0.15, 0.2) is 0 Å². The quantitative estimate of drug-likeness (QED) is 0.705. The lowest BCUT2D eigenvalue weighted by Gasteiger charge is -2.32. The van der Waals surface area contributed by atoms with Gasteiger partial charge in [-0.2, -0.15) is 0 Å². The van der Waals surface area contributed by atoms with E-state index >= 15 is 0 Å². The molecular weight excluding hydrogens is 359 g/mol. The predicted molar refractivity (Wildman–Crippen MR) is 99.3 cm³/mol. The minimum atomic E-state index is -0.154. The van der Waals surface area contributed by atoms with Crippen LogP contribution in [0.4, 0.5) is 0 Å². The Morgan fingerprint density at radius 1 is 1.20 bits per heavy atom. The highest BCUT2D eigenvalue weighted by molar-refractivity contribution is 6.31. The number of fused-ring (bicyclic) bond motifs is 3. The number of carbonyl (C=O) groups excluding carboxylic acids is 1. The van der Waals surface area contributed by atoms with Gasteiger partial charge in [0.05, 0.1) is 13.2 Å². The van der Waals surface area contributed by atoms with Crippen molar-refractivity contribution in [1.82, 2.24) is 9.88 Å². The Labute approximate surface area is 155 Å². The van der Waals surface area contributed by atoms with Gasteiger partial charge in [0.1, 0.15) is 0 Å². The van der Waals surface area contributed by atoms with E-state index in [4.69, 9.17) is 23.2 Å². The smallest absolute Gasteiger partial charge is 0.254 e. The second-order valence-corrected chi connectivity index (χ2v) is 7.16. The van der Waals surface area contributed by atoms with Crippen LogP contribution in [0.2, 0.25) is 10.0 Å². The van der Waals surface area contributed by atoms with Gasteiger partial charge in [-0.3, -0.25) is 4.79 Å². The highest BCUT2D eigenvalue weighted by Crippen LogP contribution is 2.36. The maximum Gasteiger partial charge on any atom is 0.254 e. The lowest BCUT2D eigenvalue weighted by atomic mass is 9.92. The standard InChI is InChI=1S/C19H16Cl2N2O2/c20-13-3-1-2-11(6-13)19(25)23-8-12(10-24)18-15-7-14(21)4-5-16(15)22-17(18)9-23/h1-7,12,22,24H,8-10H2. The molecule has 0 fully saturated rings. The molecule has 4 rings (SSSR count). The molecule has 0 radical (unpaired) electrons. The number of rotatable bonds is 2. The second-order valence-electron chi connectivity index (χ2n) is 6.28. The molecule has 1 aromatic heterocycles. The maximum absolute atomic E-state index is 12.8. The number of hydrogen-bond donors (Lipinski definition) is 2. The number of H-pyrrole nitrogens is 1. The van der Waals surface area contributed by atoms with Gasteiger partial charge in [-0.15, -0.1) is 0 Å². The lowest BCUT2D eigenvalue weighted by molar-refractivity contribution is 0.0696. The van der Waals surface area contributed by atoms with E-state index in [1.165, 1.54) is 0 Å². The number of nitrogens with zero attached hydrogens (tertiary/aromatic N) is 1. The van der Waals surface area contributed by atoms with Crippen LogP contribution in [0.15, 0.2) is 42.5 Å². The van der Waals surface area contributed by atoms with Crippen molar-refractivity contribution >= 4 is 40.0 Å². The molecule has 1 amide bonds. The van der Waals surface area contributed by atoms with Crippen molar-refractivity contribution in [2.45, 2.75) is 12.5 Å². The Balaban J connectivity index is 1.74. The number of hydrogen-bond acceptors (Lipinski definition) is 2. The van der Waals surface area contributed by atoms with Crippen molar-refractivity contribution in [3.05, 3.63) is 69.3 Å². The molecule has 1 aliphatic heterocycles. The van der Waals surface area contributed by atoms with Gasteiger partial charge in [0.2, 0.25) is 0 Å². The van der Waals surface area contributed by atoms with Crippen LogP contribution in [0.3, 0.4) is 0 Å². The van der Waals surface area contributed by atoms with E-state index in [0.29, 0.717) is 28.7 Å². The van der Waals surface area contributed by atoms with Crippen LogP contribution in [-0.4, -0.2) is 34.0 Å². The summed E-state index contributed by atoms with van der Waals surface area (Å²) >= 11 is 12.1. The van der Waals surface area contributed by atoms with Gasteiger partial charge in [0.25, 0.3) is 5.91 Å². The van der Waals surface area contributed by atoms with Gasteiger partial charge in [-0.1, -0.05) is 29.3 Å². The van der Waals surface area contributed by atoms with Crippen molar-refractivity contribution in [1.29, 1.82) is 0 Å². The van der Waals surface area contributed by atoms with Crippen LogP contribution >= 0.6 is 23.2 Å². The summed E-state index contributed by atoms with van der Waals surface area (Å²) in [5.74, 6) is -0.248. The Bertz CT molecular complexity index is 967. The number of nitrogens with one attached hydrogen (secondary N) is 1. The summed E-state index contributed by atoms with van der Waals surface area (Å²) in [4.78, 5) is 18.0. The van der Waals surface area contributed by atoms with Crippen LogP contribution in [0, 0.1) is 0 Å². The fourth-order valence-electron chi connectivity index (χ4n) is 3.55. The van der Waals surface area contributed by atoms with Crippen molar-refractivity contribution in [2.75, 3.05) is 13.2 Å². The lowest BCUT2D eigenvalue weighted by Crippen LogP contribution is -2.39. The first-order valence-corrected chi connectivity index (χ1v) is 8.78. The molecule has 2 aromatic carbocycles. The average molecular weight is 375 g/mol. The first kappa shape index (κ1) is 16.5. The number of aliphatic hydroxyl groups is 1. The molecule has 3 aromatic rings. The van der Waals surface area contributed by atoms with E-state index in [9.17, 15) is 9.90 Å². The Hall–Kier alpha value is -2.01. The van der Waals surface area contributed by atoms with Gasteiger partial charge in [-0.05, 0) is 42.0 Å². The number of benzene rings is 2. The van der Waals surface area contributed by atoms with E-state index in [-0.39, 0.29) is 18.4 Å². The third kappa shape index (κ3) is 2.91. The number of aromatic nitrogens is 1. The van der Waals surface area contributed by atoms with Gasteiger partial charge in [0, 0.05) is 44.7 Å². The second kappa shape index (κ2) is 6.37. The van der Waals surface area contributed by atoms with Gasteiger partial charge in [-0.25, -0.2) is 0 Å². The van der Waals surface area contributed by atoms with Crippen molar-refractivity contribution in [2.24, 2.45) is 0 Å². The zero-order valence-electron chi connectivity index (χ0n) is 13.3. The molecule has 1 unspecified atom stereocenters. The molecule has 1 aliphatic rings. The summed E-state index contributed by atoms with van der Waals surface area (Å²) in [7, 11) is 0. The first-order valence-electron chi connectivity index (χ1n) is 8.02. The summed E-state index contributed by atoms with van der Waals surface area (Å²) < 4.78 is 0. The summed E-state index contributed by atoms with van der Waals surface area (Å²) in [6.45, 7) is 0.879. The Morgan fingerprint density at radius 2 is 2.00 bits per heavy atom. The molecular formula is C19H16Cl2N2O2. The van der Waals surface area contributed by atoms with Gasteiger partial charge < -0.3 is 15.0 Å². The zero-order valence-corrected chi connectivity index (χ0v) is 14.8. The first-order chi connectivity index (χ1) is 12.1.